The number of aryl methyl sites for hydroxylation is 1. The Hall–Kier alpha value is -1.88. The van der Waals surface area contributed by atoms with Crippen LogP contribution in [-0.4, -0.2) is 25.5 Å². The minimum absolute atomic E-state index is 0.138. The molecule has 0 saturated heterocycles. The molecule has 1 aromatic rings. The van der Waals surface area contributed by atoms with Gasteiger partial charge in [-0.3, -0.25) is 4.79 Å². The molecule has 1 rings (SSSR count). The van der Waals surface area contributed by atoms with Crippen molar-refractivity contribution in [3.05, 3.63) is 29.3 Å². The Morgan fingerprint density at radius 3 is 2.65 bits per heavy atom. The van der Waals surface area contributed by atoms with Crippen molar-refractivity contribution in [2.45, 2.75) is 13.3 Å². The lowest BCUT2D eigenvalue weighted by Gasteiger charge is -2.09. The fraction of sp³-hybridized carbons (Fsp3) is 0.333. The Bertz CT molecular complexity index is 430. The van der Waals surface area contributed by atoms with E-state index < -0.39 is 5.97 Å². The molecule has 1 aromatic carbocycles. The largest absolute Gasteiger partial charge is 0.465 e. The van der Waals surface area contributed by atoms with Gasteiger partial charge in [0.15, 0.2) is 0 Å². The van der Waals surface area contributed by atoms with Crippen molar-refractivity contribution >= 4 is 17.6 Å². The highest BCUT2D eigenvalue weighted by molar-refractivity contribution is 5.94. The van der Waals surface area contributed by atoms with Gasteiger partial charge in [-0.1, -0.05) is 0 Å². The Balaban J connectivity index is 2.83. The molecule has 0 spiro atoms. The number of hydrogen-bond acceptors (Lipinski definition) is 4. The number of amides is 1. The normalized spacial score (nSPS) is 9.82. The van der Waals surface area contributed by atoms with Gasteiger partial charge in [0.1, 0.15) is 0 Å². The molecule has 0 bridgehead atoms. The third-order valence-electron chi connectivity index (χ3n) is 2.29. The molecule has 92 valence electrons. The smallest absolute Gasteiger partial charge is 0.337 e. The van der Waals surface area contributed by atoms with Gasteiger partial charge >= 0.3 is 5.97 Å². The summed E-state index contributed by atoms with van der Waals surface area (Å²) in [5.74, 6) is -0.533. The highest BCUT2D eigenvalue weighted by Crippen LogP contribution is 2.17. The van der Waals surface area contributed by atoms with Crippen molar-refractivity contribution in [2.24, 2.45) is 5.73 Å². The second-order valence-corrected chi connectivity index (χ2v) is 3.61. The molecule has 0 heterocycles. The summed E-state index contributed by atoms with van der Waals surface area (Å²) in [4.78, 5) is 22.6. The van der Waals surface area contributed by atoms with Gasteiger partial charge in [-0.2, -0.15) is 0 Å². The maximum Gasteiger partial charge on any atom is 0.337 e. The molecule has 0 aliphatic heterocycles. The molecular formula is C12H16N2O3. The maximum absolute atomic E-state index is 11.4. The fourth-order valence-electron chi connectivity index (χ4n) is 1.39. The number of hydrogen-bond donors (Lipinski definition) is 2. The summed E-state index contributed by atoms with van der Waals surface area (Å²) in [5.41, 5.74) is 7.22. The zero-order chi connectivity index (χ0) is 12.8. The van der Waals surface area contributed by atoms with Gasteiger partial charge < -0.3 is 15.8 Å². The molecule has 0 atom stereocenters. The summed E-state index contributed by atoms with van der Waals surface area (Å²) in [6, 6.07) is 4.96. The first kappa shape index (κ1) is 13.2. The van der Waals surface area contributed by atoms with E-state index in [1.54, 1.807) is 18.2 Å². The van der Waals surface area contributed by atoms with Crippen molar-refractivity contribution in [1.82, 2.24) is 0 Å². The molecule has 0 radical (unpaired) electrons. The van der Waals surface area contributed by atoms with Crippen LogP contribution in [0.4, 0.5) is 5.69 Å². The van der Waals surface area contributed by atoms with Crippen LogP contribution >= 0.6 is 0 Å². The average Bonchev–Trinajstić information content (AvgIpc) is 2.31. The molecule has 1 amide bonds. The predicted octanol–water partition coefficient (Wildman–Crippen LogP) is 1.07. The molecule has 5 nitrogen and oxygen atoms in total. The van der Waals surface area contributed by atoms with Crippen LogP contribution in [0.5, 0.6) is 0 Å². The Morgan fingerprint density at radius 2 is 2.12 bits per heavy atom. The number of benzene rings is 1. The van der Waals surface area contributed by atoms with E-state index in [-0.39, 0.29) is 12.3 Å². The van der Waals surface area contributed by atoms with Crippen LogP contribution in [0.2, 0.25) is 0 Å². The van der Waals surface area contributed by atoms with Gasteiger partial charge in [-0.15, -0.1) is 0 Å². The van der Waals surface area contributed by atoms with Crippen LogP contribution in [0.1, 0.15) is 22.3 Å². The van der Waals surface area contributed by atoms with E-state index in [9.17, 15) is 9.59 Å². The summed E-state index contributed by atoms with van der Waals surface area (Å²) in [5, 5.41) is 2.72. The Kier molecular flexibility index (Phi) is 4.66. The standard InChI is InChI=1S/C12H16N2O3/c1-8-7-9(12(16)17-2)3-4-10(8)14-11(15)5-6-13/h3-4,7H,5-6,13H2,1-2H3,(H,14,15). The highest BCUT2D eigenvalue weighted by atomic mass is 16.5. The Labute approximate surface area is 99.9 Å². The number of nitrogens with one attached hydrogen (secondary N) is 1. The van der Waals surface area contributed by atoms with E-state index in [1.165, 1.54) is 7.11 Å². The number of carbonyl (C=O) groups excluding carboxylic acids is 2. The number of ether oxygens (including phenoxy) is 1. The number of esters is 1. The fourth-order valence-corrected chi connectivity index (χ4v) is 1.39. The van der Waals surface area contributed by atoms with Gasteiger partial charge in [0.2, 0.25) is 5.91 Å². The number of carbonyl (C=O) groups is 2. The zero-order valence-electron chi connectivity index (χ0n) is 9.95. The van der Waals surface area contributed by atoms with E-state index in [4.69, 9.17) is 5.73 Å². The molecule has 0 aromatic heterocycles. The quantitative estimate of drug-likeness (QED) is 0.766. The first-order valence-corrected chi connectivity index (χ1v) is 5.27. The van der Waals surface area contributed by atoms with Crippen molar-refractivity contribution in [1.29, 1.82) is 0 Å². The third kappa shape index (κ3) is 3.57. The van der Waals surface area contributed by atoms with Crippen molar-refractivity contribution in [3.8, 4) is 0 Å². The van der Waals surface area contributed by atoms with Crippen LogP contribution in [0.15, 0.2) is 18.2 Å². The summed E-state index contributed by atoms with van der Waals surface area (Å²) in [7, 11) is 1.33. The van der Waals surface area contributed by atoms with Gasteiger partial charge in [-0.05, 0) is 30.7 Å². The average molecular weight is 236 g/mol. The van der Waals surface area contributed by atoms with Gasteiger partial charge in [0, 0.05) is 18.7 Å². The highest BCUT2D eigenvalue weighted by Gasteiger charge is 2.09. The number of rotatable bonds is 4. The lowest BCUT2D eigenvalue weighted by atomic mass is 10.1. The zero-order valence-corrected chi connectivity index (χ0v) is 9.95. The second kappa shape index (κ2) is 6.00. The van der Waals surface area contributed by atoms with Crippen LogP contribution in [-0.2, 0) is 9.53 Å². The van der Waals surface area contributed by atoms with Crippen molar-refractivity contribution in [3.63, 3.8) is 0 Å². The minimum Gasteiger partial charge on any atom is -0.465 e. The molecular weight excluding hydrogens is 220 g/mol. The van der Waals surface area contributed by atoms with Crippen LogP contribution < -0.4 is 11.1 Å². The monoisotopic (exact) mass is 236 g/mol. The summed E-state index contributed by atoms with van der Waals surface area (Å²) >= 11 is 0. The first-order chi connectivity index (χ1) is 8.08. The van der Waals surface area contributed by atoms with E-state index >= 15 is 0 Å². The summed E-state index contributed by atoms with van der Waals surface area (Å²) in [6.45, 7) is 2.12. The van der Waals surface area contributed by atoms with E-state index in [2.05, 4.69) is 10.1 Å². The molecule has 3 N–H and O–H groups in total. The summed E-state index contributed by atoms with van der Waals surface area (Å²) < 4.78 is 4.61. The van der Waals surface area contributed by atoms with Crippen molar-refractivity contribution in [2.75, 3.05) is 19.0 Å². The van der Waals surface area contributed by atoms with E-state index in [1.807, 2.05) is 6.92 Å². The third-order valence-corrected chi connectivity index (χ3v) is 2.29. The van der Waals surface area contributed by atoms with E-state index in [0.29, 0.717) is 17.8 Å². The SMILES string of the molecule is COC(=O)c1ccc(NC(=O)CCN)c(C)c1. The first-order valence-electron chi connectivity index (χ1n) is 5.27. The molecule has 0 unspecified atom stereocenters. The summed E-state index contributed by atoms with van der Waals surface area (Å²) in [6.07, 6.45) is 0.276. The maximum atomic E-state index is 11.4. The molecule has 5 heteroatoms. The van der Waals surface area contributed by atoms with E-state index in [0.717, 1.165) is 5.56 Å². The second-order valence-electron chi connectivity index (χ2n) is 3.61. The minimum atomic E-state index is -0.395. The van der Waals surface area contributed by atoms with Gasteiger partial charge in [-0.25, -0.2) is 4.79 Å². The molecule has 17 heavy (non-hydrogen) atoms. The lowest BCUT2D eigenvalue weighted by Crippen LogP contribution is -2.17. The Morgan fingerprint density at radius 1 is 1.41 bits per heavy atom. The number of methoxy groups -OCH3 is 1. The van der Waals surface area contributed by atoms with Gasteiger partial charge in [0.25, 0.3) is 0 Å². The molecule has 0 aliphatic carbocycles. The molecule has 0 aliphatic rings. The van der Waals surface area contributed by atoms with Crippen LogP contribution in [0, 0.1) is 6.92 Å². The number of anilines is 1. The molecule has 0 fully saturated rings. The topological polar surface area (TPSA) is 81.4 Å². The van der Waals surface area contributed by atoms with Gasteiger partial charge in [0.05, 0.1) is 12.7 Å². The number of nitrogens with two attached hydrogens (primary N) is 1. The predicted molar refractivity (Wildman–Crippen MR) is 64.8 cm³/mol. The van der Waals surface area contributed by atoms with Crippen LogP contribution in [0.25, 0.3) is 0 Å². The molecule has 0 saturated carbocycles. The van der Waals surface area contributed by atoms with Crippen LogP contribution in [0.3, 0.4) is 0 Å². The van der Waals surface area contributed by atoms with Crippen molar-refractivity contribution < 1.29 is 14.3 Å². The lowest BCUT2D eigenvalue weighted by molar-refractivity contribution is -0.116.